The Labute approximate surface area is 256 Å². The van der Waals surface area contributed by atoms with Crippen molar-refractivity contribution < 1.29 is 59.1 Å². The Hall–Kier alpha value is -4.67. The topological polar surface area (TPSA) is 233 Å². The largest absolute Gasteiger partial charge is 0.507 e. The zero-order valence-electron chi connectivity index (χ0n) is 24.0. The van der Waals surface area contributed by atoms with E-state index in [1.165, 1.54) is 12.1 Å². The molecule has 240 valence electrons. The number of fused-ring (bicyclic) bond motifs is 1. The number of aliphatic hydroxyl groups is 4. The summed E-state index contributed by atoms with van der Waals surface area (Å²) in [5, 5.41) is 72.6. The van der Waals surface area contributed by atoms with E-state index in [1.54, 1.807) is 43.5 Å². The number of allylic oxidation sites excluding steroid dienone is 1. The molecule has 0 spiro atoms. The van der Waals surface area contributed by atoms with Crippen LogP contribution in [0.4, 0.5) is 0 Å². The van der Waals surface area contributed by atoms with E-state index in [1.807, 2.05) is 0 Å². The van der Waals surface area contributed by atoms with Crippen molar-refractivity contribution in [2.75, 3.05) is 26.8 Å². The minimum Gasteiger partial charge on any atom is -0.507 e. The molecule has 1 unspecified atom stereocenters. The molecule has 0 saturated carbocycles. The van der Waals surface area contributed by atoms with Crippen molar-refractivity contribution in [3.8, 4) is 28.7 Å². The van der Waals surface area contributed by atoms with Crippen molar-refractivity contribution in [2.24, 2.45) is 4.99 Å². The lowest BCUT2D eigenvalue weighted by Gasteiger charge is -2.38. The van der Waals surface area contributed by atoms with Crippen LogP contribution < -0.4 is 24.3 Å². The number of nitrogens with one attached hydrogen (secondary N) is 2. The number of aromatic hydroxyl groups is 1. The van der Waals surface area contributed by atoms with Crippen LogP contribution in [0.15, 0.2) is 53.6 Å². The average molecular weight is 628 g/mol. The first-order chi connectivity index (χ1) is 21.6. The lowest BCUT2D eigenvalue weighted by Crippen LogP contribution is -2.61. The summed E-state index contributed by atoms with van der Waals surface area (Å²) >= 11 is 0. The lowest BCUT2D eigenvalue weighted by molar-refractivity contribution is -0.271. The number of ether oxygens (including phenoxy) is 5. The number of benzene rings is 2. The Morgan fingerprint density at radius 3 is 2.47 bits per heavy atom. The van der Waals surface area contributed by atoms with Crippen molar-refractivity contribution in [2.45, 2.75) is 43.2 Å². The van der Waals surface area contributed by atoms with Crippen LogP contribution in [0.2, 0.25) is 0 Å². The minimum atomic E-state index is -1.93. The Morgan fingerprint density at radius 2 is 1.80 bits per heavy atom. The highest BCUT2D eigenvalue weighted by molar-refractivity contribution is 6.14. The van der Waals surface area contributed by atoms with E-state index in [0.717, 1.165) is 5.71 Å². The van der Waals surface area contributed by atoms with Crippen molar-refractivity contribution >= 4 is 23.3 Å². The van der Waals surface area contributed by atoms with E-state index in [4.69, 9.17) is 29.1 Å². The molecule has 15 nitrogen and oxygen atoms in total. The molecule has 3 aliphatic rings. The zero-order chi connectivity index (χ0) is 32.2. The van der Waals surface area contributed by atoms with Gasteiger partial charge < -0.3 is 59.6 Å². The number of hydrogen-bond acceptors (Lipinski definition) is 13. The van der Waals surface area contributed by atoms with Gasteiger partial charge in [0.1, 0.15) is 59.7 Å². The fourth-order valence-corrected chi connectivity index (χ4v) is 4.83. The minimum absolute atomic E-state index is 0.0310. The summed E-state index contributed by atoms with van der Waals surface area (Å²) in [5.41, 5.74) is 1.28. The second kappa shape index (κ2) is 13.5. The molecule has 45 heavy (non-hydrogen) atoms. The van der Waals surface area contributed by atoms with E-state index in [-0.39, 0.29) is 41.0 Å². The number of hydrogen-bond donors (Lipinski definition) is 8. The van der Waals surface area contributed by atoms with Crippen molar-refractivity contribution in [3.63, 3.8) is 0 Å². The first kappa shape index (κ1) is 31.7. The molecule has 5 rings (SSSR count). The highest BCUT2D eigenvalue weighted by atomic mass is 16.7. The molecule has 15 heteroatoms. The second-order valence-corrected chi connectivity index (χ2v) is 10.3. The number of amidine groups is 1. The van der Waals surface area contributed by atoms with Gasteiger partial charge in [-0.3, -0.25) is 5.41 Å². The molecule has 0 bridgehead atoms. The summed E-state index contributed by atoms with van der Waals surface area (Å²) in [6, 6.07) is 8.17. The molecule has 1 saturated heterocycles. The summed E-state index contributed by atoms with van der Waals surface area (Å²) in [7, 11) is 1.68. The Morgan fingerprint density at radius 1 is 1.04 bits per heavy atom. The summed E-state index contributed by atoms with van der Waals surface area (Å²) in [6.45, 7) is 0.734. The van der Waals surface area contributed by atoms with Crippen LogP contribution in [0.3, 0.4) is 0 Å². The maximum Gasteiger partial charge on any atom is 0.335 e. The van der Waals surface area contributed by atoms with Crippen molar-refractivity contribution in [3.05, 3.63) is 59.7 Å². The van der Waals surface area contributed by atoms with Gasteiger partial charge in [-0.25, -0.2) is 9.79 Å². The number of nitrogens with zero attached hydrogens (tertiary/aromatic N) is 1. The normalized spacial score (nSPS) is 25.6. The highest BCUT2D eigenvalue weighted by Gasteiger charge is 2.48. The second-order valence-electron chi connectivity index (χ2n) is 10.3. The first-order valence-corrected chi connectivity index (χ1v) is 14.0. The number of carboxylic acids is 1. The first-order valence-electron chi connectivity index (χ1n) is 14.0. The molecule has 0 amide bonds. The van der Waals surface area contributed by atoms with Crippen molar-refractivity contribution in [1.29, 1.82) is 5.41 Å². The number of phenols is 1. The lowest BCUT2D eigenvalue weighted by atomic mass is 9.99. The molecule has 2 aromatic carbocycles. The molecule has 6 atom stereocenters. The number of likely N-dealkylation sites (N-methyl/N-ethyl adjacent to an activating group) is 1. The average Bonchev–Trinajstić information content (AvgIpc) is 3.43. The predicted molar refractivity (Wildman–Crippen MR) is 157 cm³/mol. The third-order valence-corrected chi connectivity index (χ3v) is 7.19. The van der Waals surface area contributed by atoms with Crippen LogP contribution in [0.5, 0.6) is 28.7 Å². The van der Waals surface area contributed by atoms with E-state index in [9.17, 15) is 35.4 Å². The standard InChI is InChI=1S/C30H33N3O12/c1-32-9-11-42-27-20(44-30-26(38)24(36)25(37)28(45-30)29(39)40)13-19-22(23(27)35)17(34)12-18(43-19)14-2-5-16(6-3-14)41-10-8-15-4-7-21(31)33-15/h2-7,12-13,18,24-26,28,30-32,34-38H,8-11H2,1H3,(H,39,40)/t18?,24-,25+,26-,28+,30-/m1/s1. The third kappa shape index (κ3) is 6.87. The Balaban J connectivity index is 1.37. The fraction of sp³-hybridized carbons (Fsp3) is 0.367. The molecule has 0 aromatic heterocycles. The van der Waals surface area contributed by atoms with Gasteiger partial charge in [-0.2, -0.15) is 0 Å². The number of carbonyl (C=O) groups is 1. The molecular weight excluding hydrogens is 594 g/mol. The van der Waals surface area contributed by atoms with Gasteiger partial charge in [0.2, 0.25) is 12.0 Å². The van der Waals surface area contributed by atoms with Crippen LogP contribution in [0, 0.1) is 5.41 Å². The zero-order valence-corrected chi connectivity index (χ0v) is 24.0. The van der Waals surface area contributed by atoms with Gasteiger partial charge in [0.05, 0.1) is 6.61 Å². The molecule has 2 aromatic rings. The van der Waals surface area contributed by atoms with Crippen LogP contribution in [0.1, 0.15) is 23.7 Å². The number of phenolic OH excluding ortho intramolecular Hbond substituents is 1. The summed E-state index contributed by atoms with van der Waals surface area (Å²) in [5.74, 6) is -2.26. The molecule has 0 aliphatic carbocycles. The van der Waals surface area contributed by atoms with Gasteiger partial charge >= 0.3 is 5.97 Å². The van der Waals surface area contributed by atoms with E-state index in [2.05, 4.69) is 10.3 Å². The van der Waals surface area contributed by atoms with E-state index >= 15 is 0 Å². The molecular formula is C30H33N3O12. The van der Waals surface area contributed by atoms with Crippen LogP contribution in [-0.4, -0.2) is 106 Å². The molecule has 0 radical (unpaired) electrons. The molecule has 3 aliphatic heterocycles. The van der Waals surface area contributed by atoms with Gasteiger partial charge in [0.25, 0.3) is 0 Å². The maximum absolute atomic E-state index is 11.6. The van der Waals surface area contributed by atoms with Crippen LogP contribution >= 0.6 is 0 Å². The van der Waals surface area contributed by atoms with E-state index in [0.29, 0.717) is 30.9 Å². The number of rotatable bonds is 12. The van der Waals surface area contributed by atoms with Gasteiger partial charge in [-0.05, 0) is 36.9 Å². The predicted octanol–water partition coefficient (Wildman–Crippen LogP) is 1.05. The van der Waals surface area contributed by atoms with Crippen LogP contribution in [-0.2, 0) is 9.53 Å². The number of aliphatic imine (C=N–C) groups is 1. The third-order valence-electron chi connectivity index (χ3n) is 7.19. The summed E-state index contributed by atoms with van der Waals surface area (Å²) in [4.78, 5) is 15.6. The van der Waals surface area contributed by atoms with Gasteiger partial charge in [0.15, 0.2) is 17.6 Å². The van der Waals surface area contributed by atoms with Gasteiger partial charge in [-0.15, -0.1) is 0 Å². The Bertz CT molecular complexity index is 1520. The highest BCUT2D eigenvalue weighted by Crippen LogP contribution is 2.51. The van der Waals surface area contributed by atoms with Crippen molar-refractivity contribution in [1.82, 2.24) is 5.32 Å². The number of aliphatic hydroxyl groups excluding tert-OH is 4. The summed E-state index contributed by atoms with van der Waals surface area (Å²) in [6.07, 6.45) is -4.97. The summed E-state index contributed by atoms with van der Waals surface area (Å²) < 4.78 is 28.5. The maximum atomic E-state index is 11.6. The number of aliphatic carboxylic acids is 1. The molecule has 3 heterocycles. The molecule has 8 N–H and O–H groups in total. The quantitative estimate of drug-likeness (QED) is 0.154. The van der Waals surface area contributed by atoms with Crippen LogP contribution in [0.25, 0.3) is 5.76 Å². The fourth-order valence-electron chi connectivity index (χ4n) is 4.83. The van der Waals surface area contributed by atoms with Gasteiger partial charge in [0, 0.05) is 30.8 Å². The van der Waals surface area contributed by atoms with Gasteiger partial charge in [-0.1, -0.05) is 12.1 Å². The van der Waals surface area contributed by atoms with E-state index < -0.39 is 48.5 Å². The number of carboxylic acid groups (broad SMARTS) is 1. The molecule has 1 fully saturated rings. The smallest absolute Gasteiger partial charge is 0.335 e. The monoisotopic (exact) mass is 627 g/mol. The SMILES string of the molecule is CNCCOc1c(O[C@@H]2O[C@H](C(=O)O)[C@@H](O)[C@@H](O)[C@H]2O)cc2c(c1O)C(O)=CC(c1ccc(OCCC3=NC(=N)C=C3)cc1)O2. The Kier molecular flexibility index (Phi) is 9.55.